The van der Waals surface area contributed by atoms with Gasteiger partial charge in [0.2, 0.25) is 0 Å². The number of rotatable bonds is 8. The molecule has 2 aromatic heterocycles. The molecule has 1 aromatic carbocycles. The first-order valence-corrected chi connectivity index (χ1v) is 9.86. The van der Waals surface area contributed by atoms with Crippen LogP contribution in [0, 0.1) is 0 Å². The standard InChI is InChI=1S/C21H25N3O2S.HI/c1-21(25,19-10-6-14-27-19)16-24-20(22-12-11-18-9-5-13-26-18)23-15-17-7-3-2-4-8-17;/h2-10,13-14,25H,11-12,15-16H2,1H3,(H2,22,23,24);1H. The van der Waals surface area contributed by atoms with Crippen LogP contribution in [0.2, 0.25) is 0 Å². The summed E-state index contributed by atoms with van der Waals surface area (Å²) in [6.07, 6.45) is 2.44. The lowest BCUT2D eigenvalue weighted by atomic mass is 10.1. The van der Waals surface area contributed by atoms with Gasteiger partial charge in [-0.2, -0.15) is 0 Å². The molecule has 0 bridgehead atoms. The summed E-state index contributed by atoms with van der Waals surface area (Å²) in [6.45, 7) is 3.44. The smallest absolute Gasteiger partial charge is 0.191 e. The Labute approximate surface area is 186 Å². The van der Waals surface area contributed by atoms with E-state index in [9.17, 15) is 5.11 Å². The van der Waals surface area contributed by atoms with Gasteiger partial charge in [0.1, 0.15) is 11.4 Å². The van der Waals surface area contributed by atoms with Gasteiger partial charge in [0.25, 0.3) is 0 Å². The van der Waals surface area contributed by atoms with Crippen LogP contribution in [0.1, 0.15) is 23.1 Å². The van der Waals surface area contributed by atoms with Crippen LogP contribution in [0.5, 0.6) is 0 Å². The number of guanidine groups is 1. The largest absolute Gasteiger partial charge is 0.469 e. The van der Waals surface area contributed by atoms with E-state index >= 15 is 0 Å². The SMILES string of the molecule is CC(O)(CNC(=NCc1ccccc1)NCCc1ccco1)c1cccs1.I. The molecule has 0 fully saturated rings. The highest BCUT2D eigenvalue weighted by Gasteiger charge is 2.24. The molecule has 3 rings (SSSR count). The summed E-state index contributed by atoms with van der Waals surface area (Å²) in [4.78, 5) is 5.58. The molecule has 0 radical (unpaired) electrons. The molecule has 0 saturated heterocycles. The van der Waals surface area contributed by atoms with Gasteiger partial charge in [0, 0.05) is 17.8 Å². The second kappa shape index (κ2) is 11.2. The van der Waals surface area contributed by atoms with E-state index in [1.807, 2.05) is 66.9 Å². The Balaban J connectivity index is 0.00000280. The maximum atomic E-state index is 10.7. The number of hydrogen-bond acceptors (Lipinski definition) is 4. The van der Waals surface area contributed by atoms with E-state index in [2.05, 4.69) is 15.6 Å². The van der Waals surface area contributed by atoms with Crippen molar-refractivity contribution in [1.29, 1.82) is 0 Å². The monoisotopic (exact) mass is 511 g/mol. The fourth-order valence-electron chi connectivity index (χ4n) is 2.61. The molecule has 0 aliphatic rings. The van der Waals surface area contributed by atoms with E-state index in [1.54, 1.807) is 17.6 Å². The number of hydrogen-bond donors (Lipinski definition) is 3. The number of furan rings is 1. The minimum Gasteiger partial charge on any atom is -0.469 e. The fourth-order valence-corrected chi connectivity index (χ4v) is 3.40. The number of benzene rings is 1. The van der Waals surface area contributed by atoms with Crippen LogP contribution in [0.15, 0.2) is 75.7 Å². The molecule has 0 amide bonds. The average molecular weight is 511 g/mol. The number of nitrogens with zero attached hydrogens (tertiary/aromatic N) is 1. The van der Waals surface area contributed by atoms with Crippen molar-refractivity contribution in [2.75, 3.05) is 13.1 Å². The lowest BCUT2D eigenvalue weighted by Gasteiger charge is -2.24. The molecule has 0 aliphatic carbocycles. The summed E-state index contributed by atoms with van der Waals surface area (Å²) in [6, 6.07) is 17.8. The van der Waals surface area contributed by atoms with E-state index in [0.717, 1.165) is 22.6 Å². The first-order chi connectivity index (χ1) is 13.1. The minimum absolute atomic E-state index is 0. The Bertz CT molecular complexity index is 819. The normalized spacial score (nSPS) is 13.4. The van der Waals surface area contributed by atoms with Crippen molar-refractivity contribution >= 4 is 41.3 Å². The highest BCUT2D eigenvalue weighted by atomic mass is 127. The van der Waals surface area contributed by atoms with E-state index in [-0.39, 0.29) is 24.0 Å². The van der Waals surface area contributed by atoms with Gasteiger partial charge in [-0.3, -0.25) is 0 Å². The molecule has 1 unspecified atom stereocenters. The van der Waals surface area contributed by atoms with E-state index in [4.69, 9.17) is 4.42 Å². The predicted molar refractivity (Wildman–Crippen MR) is 125 cm³/mol. The number of halogens is 1. The Kier molecular flexibility index (Phi) is 9.01. The van der Waals surface area contributed by atoms with Crippen LogP contribution >= 0.6 is 35.3 Å². The summed E-state index contributed by atoms with van der Waals surface area (Å²) >= 11 is 1.55. The van der Waals surface area contributed by atoms with Gasteiger partial charge >= 0.3 is 0 Å². The van der Waals surface area contributed by atoms with E-state index in [0.29, 0.717) is 25.6 Å². The number of nitrogens with one attached hydrogen (secondary N) is 2. The van der Waals surface area contributed by atoms with Gasteiger partial charge in [0.15, 0.2) is 5.96 Å². The first-order valence-electron chi connectivity index (χ1n) is 8.98. The quantitative estimate of drug-likeness (QED) is 0.242. The van der Waals surface area contributed by atoms with Crippen LogP contribution < -0.4 is 10.6 Å². The molecule has 3 N–H and O–H groups in total. The molecule has 28 heavy (non-hydrogen) atoms. The third-order valence-electron chi connectivity index (χ3n) is 4.16. The average Bonchev–Trinajstić information content (AvgIpc) is 3.38. The fraction of sp³-hybridized carbons (Fsp3) is 0.286. The van der Waals surface area contributed by atoms with Crippen LogP contribution in [0.3, 0.4) is 0 Å². The molecule has 1 atom stereocenters. The zero-order chi connectivity index (χ0) is 19.0. The molecule has 5 nitrogen and oxygen atoms in total. The Morgan fingerprint density at radius 3 is 2.61 bits per heavy atom. The van der Waals surface area contributed by atoms with Gasteiger partial charge in [-0.15, -0.1) is 35.3 Å². The van der Waals surface area contributed by atoms with Crippen molar-refractivity contribution in [1.82, 2.24) is 10.6 Å². The van der Waals surface area contributed by atoms with Gasteiger partial charge < -0.3 is 20.2 Å². The second-order valence-electron chi connectivity index (χ2n) is 6.51. The summed E-state index contributed by atoms with van der Waals surface area (Å²) in [5, 5.41) is 19.3. The molecule has 3 aromatic rings. The van der Waals surface area contributed by atoms with Crippen molar-refractivity contribution in [3.05, 3.63) is 82.4 Å². The highest BCUT2D eigenvalue weighted by molar-refractivity contribution is 14.0. The lowest BCUT2D eigenvalue weighted by Crippen LogP contribution is -2.44. The molecule has 0 spiro atoms. The Morgan fingerprint density at radius 1 is 1.11 bits per heavy atom. The van der Waals surface area contributed by atoms with Gasteiger partial charge in [-0.1, -0.05) is 36.4 Å². The van der Waals surface area contributed by atoms with Crippen LogP contribution in [0.25, 0.3) is 0 Å². The van der Waals surface area contributed by atoms with Gasteiger partial charge in [-0.25, -0.2) is 4.99 Å². The van der Waals surface area contributed by atoms with E-state index < -0.39 is 5.60 Å². The van der Waals surface area contributed by atoms with Crippen molar-refractivity contribution in [2.24, 2.45) is 4.99 Å². The summed E-state index contributed by atoms with van der Waals surface area (Å²) in [5.74, 6) is 1.60. The van der Waals surface area contributed by atoms with Crippen LogP contribution in [0.4, 0.5) is 0 Å². The van der Waals surface area contributed by atoms with Crippen LogP contribution in [-0.4, -0.2) is 24.2 Å². The minimum atomic E-state index is -0.954. The van der Waals surface area contributed by atoms with Crippen molar-refractivity contribution in [3.63, 3.8) is 0 Å². The molecular weight excluding hydrogens is 485 g/mol. The Morgan fingerprint density at radius 2 is 1.93 bits per heavy atom. The molecule has 2 heterocycles. The second-order valence-corrected chi connectivity index (χ2v) is 7.46. The zero-order valence-corrected chi connectivity index (χ0v) is 18.9. The topological polar surface area (TPSA) is 69.8 Å². The summed E-state index contributed by atoms with van der Waals surface area (Å²) in [7, 11) is 0. The van der Waals surface area contributed by atoms with Crippen molar-refractivity contribution < 1.29 is 9.52 Å². The van der Waals surface area contributed by atoms with Crippen molar-refractivity contribution in [3.8, 4) is 0 Å². The highest BCUT2D eigenvalue weighted by Crippen LogP contribution is 2.24. The predicted octanol–water partition coefficient (Wildman–Crippen LogP) is 4.14. The lowest BCUT2D eigenvalue weighted by molar-refractivity contribution is 0.0655. The number of thiophene rings is 1. The Hall–Kier alpha value is -1.84. The third-order valence-corrected chi connectivity index (χ3v) is 5.28. The maximum absolute atomic E-state index is 10.7. The molecule has 7 heteroatoms. The zero-order valence-electron chi connectivity index (χ0n) is 15.8. The molecule has 0 saturated carbocycles. The van der Waals surface area contributed by atoms with Gasteiger partial charge in [-0.05, 0) is 36.1 Å². The van der Waals surface area contributed by atoms with E-state index in [1.165, 1.54) is 0 Å². The third kappa shape index (κ3) is 6.96. The summed E-state index contributed by atoms with van der Waals surface area (Å²) < 4.78 is 5.37. The maximum Gasteiger partial charge on any atom is 0.191 e. The van der Waals surface area contributed by atoms with Crippen LogP contribution in [-0.2, 0) is 18.6 Å². The molecule has 150 valence electrons. The number of aliphatic hydroxyl groups is 1. The van der Waals surface area contributed by atoms with Gasteiger partial charge in [0.05, 0.1) is 19.4 Å². The first kappa shape index (κ1) is 22.4. The number of aliphatic imine (C=N–C) groups is 1. The van der Waals surface area contributed by atoms with Crippen molar-refractivity contribution in [2.45, 2.75) is 25.5 Å². The molecular formula is C21H26IN3O2S. The summed E-state index contributed by atoms with van der Waals surface area (Å²) in [5.41, 5.74) is 0.180. The molecule has 0 aliphatic heterocycles.